The van der Waals surface area contributed by atoms with Crippen LogP contribution in [0.25, 0.3) is 0 Å². The van der Waals surface area contributed by atoms with Gasteiger partial charge in [-0.25, -0.2) is 9.67 Å². The maximum Gasteiger partial charge on any atom is 0.141 e. The second-order valence-electron chi connectivity index (χ2n) is 2.77. The van der Waals surface area contributed by atoms with Crippen molar-refractivity contribution in [2.75, 3.05) is 13.1 Å². The summed E-state index contributed by atoms with van der Waals surface area (Å²) in [6.07, 6.45) is 1.63. The van der Waals surface area contributed by atoms with Crippen LogP contribution in [0.2, 0.25) is 0 Å². The highest BCUT2D eigenvalue weighted by Crippen LogP contribution is 2.06. The fraction of sp³-hybridized carbons (Fsp3) is 0.714. The summed E-state index contributed by atoms with van der Waals surface area (Å²) in [5.74, 6) is 1.10. The van der Waals surface area contributed by atoms with Gasteiger partial charge in [-0.3, -0.25) is 4.90 Å². The number of hydrogen-bond acceptors (Lipinski definition) is 3. The number of aromatic nitrogens is 3. The maximum atomic E-state index is 4.17. The third-order valence-corrected chi connectivity index (χ3v) is 2.14. The summed E-state index contributed by atoms with van der Waals surface area (Å²) in [7, 11) is 0. The van der Waals surface area contributed by atoms with Crippen LogP contribution in [0.1, 0.15) is 12.7 Å². The van der Waals surface area contributed by atoms with E-state index < -0.39 is 0 Å². The van der Waals surface area contributed by atoms with Gasteiger partial charge in [0.05, 0.1) is 13.1 Å². The lowest BCUT2D eigenvalue weighted by atomic mass is 10.4. The summed E-state index contributed by atoms with van der Waals surface area (Å²) < 4.78 is 1.98. The van der Waals surface area contributed by atoms with Gasteiger partial charge in [0, 0.05) is 6.54 Å². The Hall–Kier alpha value is -0.900. The van der Waals surface area contributed by atoms with Crippen LogP contribution in [0.3, 0.4) is 0 Å². The first kappa shape index (κ1) is 6.79. The van der Waals surface area contributed by atoms with E-state index >= 15 is 0 Å². The second-order valence-corrected chi connectivity index (χ2v) is 2.77. The molecule has 0 radical (unpaired) electrons. The largest absolute Gasteiger partial charge is 0.294 e. The zero-order valence-electron chi connectivity index (χ0n) is 6.69. The van der Waals surface area contributed by atoms with Gasteiger partial charge < -0.3 is 0 Å². The highest BCUT2D eigenvalue weighted by Gasteiger charge is 2.14. The molecule has 4 nitrogen and oxygen atoms in total. The Labute approximate surface area is 65.8 Å². The number of nitrogens with zero attached hydrogens (tertiary/aromatic N) is 4. The third-order valence-electron chi connectivity index (χ3n) is 2.14. The first-order valence-corrected chi connectivity index (χ1v) is 3.99. The van der Waals surface area contributed by atoms with E-state index in [4.69, 9.17) is 0 Å². The average Bonchev–Trinajstić information content (AvgIpc) is 2.50. The van der Waals surface area contributed by atoms with Crippen LogP contribution >= 0.6 is 0 Å². The lowest BCUT2D eigenvalue weighted by Crippen LogP contribution is -2.33. The van der Waals surface area contributed by atoms with E-state index in [1.54, 1.807) is 6.33 Å². The lowest BCUT2D eigenvalue weighted by molar-refractivity contribution is 0.220. The molecule has 0 bridgehead atoms. The number of fused-ring (bicyclic) bond motifs is 1. The predicted molar refractivity (Wildman–Crippen MR) is 41.0 cm³/mol. The molecule has 0 atom stereocenters. The van der Waals surface area contributed by atoms with E-state index in [1.165, 1.54) is 0 Å². The van der Waals surface area contributed by atoms with E-state index in [-0.39, 0.29) is 0 Å². The summed E-state index contributed by atoms with van der Waals surface area (Å²) in [4.78, 5) is 6.53. The van der Waals surface area contributed by atoms with Crippen LogP contribution in [-0.2, 0) is 13.1 Å². The molecule has 0 aromatic carbocycles. The summed E-state index contributed by atoms with van der Waals surface area (Å²) in [6.45, 7) is 6.32. The summed E-state index contributed by atoms with van der Waals surface area (Å²) in [5, 5.41) is 4.10. The van der Waals surface area contributed by atoms with Gasteiger partial charge in [0.2, 0.25) is 0 Å². The fourth-order valence-electron chi connectivity index (χ4n) is 1.38. The van der Waals surface area contributed by atoms with E-state index in [9.17, 15) is 0 Å². The van der Waals surface area contributed by atoms with Crippen molar-refractivity contribution in [3.63, 3.8) is 0 Å². The Balaban J connectivity index is 2.18. The SMILES string of the molecule is CCN1CCn2ncnc2C1. The van der Waals surface area contributed by atoms with Crippen molar-refractivity contribution < 1.29 is 0 Å². The molecular formula is C7H12N4. The topological polar surface area (TPSA) is 34.0 Å². The Kier molecular flexibility index (Phi) is 1.62. The van der Waals surface area contributed by atoms with Crippen LogP contribution in [-0.4, -0.2) is 32.8 Å². The van der Waals surface area contributed by atoms with Crippen LogP contribution in [0.4, 0.5) is 0 Å². The Morgan fingerprint density at radius 3 is 3.27 bits per heavy atom. The van der Waals surface area contributed by atoms with Crippen LogP contribution in [0, 0.1) is 0 Å². The zero-order valence-corrected chi connectivity index (χ0v) is 6.69. The summed E-state index contributed by atoms with van der Waals surface area (Å²) in [6, 6.07) is 0. The molecule has 0 spiro atoms. The molecule has 0 N–H and O–H groups in total. The van der Waals surface area contributed by atoms with Crippen molar-refractivity contribution in [3.8, 4) is 0 Å². The van der Waals surface area contributed by atoms with Gasteiger partial charge in [0.1, 0.15) is 12.2 Å². The molecule has 1 aromatic heterocycles. The van der Waals surface area contributed by atoms with Crippen molar-refractivity contribution in [2.45, 2.75) is 20.0 Å². The van der Waals surface area contributed by atoms with Crippen molar-refractivity contribution in [1.82, 2.24) is 19.7 Å². The van der Waals surface area contributed by atoms with E-state index in [2.05, 4.69) is 21.9 Å². The molecule has 4 heteroatoms. The number of hydrogen-bond donors (Lipinski definition) is 0. The Bertz CT molecular complexity index is 242. The molecule has 2 rings (SSSR count). The average molecular weight is 152 g/mol. The molecule has 1 aromatic rings. The molecule has 0 fully saturated rings. The van der Waals surface area contributed by atoms with Crippen molar-refractivity contribution in [2.24, 2.45) is 0 Å². The predicted octanol–water partition coefficient (Wildman–Crippen LogP) is 0.114. The van der Waals surface area contributed by atoms with Crippen molar-refractivity contribution in [3.05, 3.63) is 12.2 Å². The molecule has 11 heavy (non-hydrogen) atoms. The van der Waals surface area contributed by atoms with Gasteiger partial charge in [-0.05, 0) is 6.54 Å². The third kappa shape index (κ3) is 1.14. The standard InChI is InChI=1S/C7H12N4/c1-2-10-3-4-11-7(5-10)8-6-9-11/h6H,2-5H2,1H3. The minimum Gasteiger partial charge on any atom is -0.294 e. The number of likely N-dealkylation sites (N-methyl/N-ethyl adjacent to an activating group) is 1. The Morgan fingerprint density at radius 1 is 1.55 bits per heavy atom. The quantitative estimate of drug-likeness (QED) is 0.573. The van der Waals surface area contributed by atoms with Crippen LogP contribution in [0.15, 0.2) is 6.33 Å². The Morgan fingerprint density at radius 2 is 2.45 bits per heavy atom. The molecule has 60 valence electrons. The maximum absolute atomic E-state index is 4.17. The van der Waals surface area contributed by atoms with Gasteiger partial charge in [-0.15, -0.1) is 0 Å². The van der Waals surface area contributed by atoms with Crippen molar-refractivity contribution >= 4 is 0 Å². The molecule has 1 aliphatic heterocycles. The van der Waals surface area contributed by atoms with Gasteiger partial charge >= 0.3 is 0 Å². The molecule has 0 saturated carbocycles. The first-order chi connectivity index (χ1) is 5.40. The molecular weight excluding hydrogens is 140 g/mol. The fourth-order valence-corrected chi connectivity index (χ4v) is 1.38. The normalized spacial score (nSPS) is 18.3. The summed E-state index contributed by atoms with van der Waals surface area (Å²) in [5.41, 5.74) is 0. The van der Waals surface area contributed by atoms with Gasteiger partial charge in [0.15, 0.2) is 0 Å². The molecule has 0 unspecified atom stereocenters. The van der Waals surface area contributed by atoms with E-state index in [0.29, 0.717) is 0 Å². The second kappa shape index (κ2) is 2.62. The van der Waals surface area contributed by atoms with Crippen molar-refractivity contribution in [1.29, 1.82) is 0 Å². The zero-order chi connectivity index (χ0) is 7.68. The highest BCUT2D eigenvalue weighted by molar-refractivity contribution is 4.87. The molecule has 0 aliphatic carbocycles. The summed E-state index contributed by atoms with van der Waals surface area (Å²) >= 11 is 0. The molecule has 1 aliphatic rings. The molecule has 0 amide bonds. The number of rotatable bonds is 1. The van der Waals surface area contributed by atoms with Gasteiger partial charge in [-0.2, -0.15) is 5.10 Å². The van der Waals surface area contributed by atoms with E-state index in [0.717, 1.165) is 32.0 Å². The van der Waals surface area contributed by atoms with Gasteiger partial charge in [0.25, 0.3) is 0 Å². The highest BCUT2D eigenvalue weighted by atomic mass is 15.4. The van der Waals surface area contributed by atoms with Gasteiger partial charge in [-0.1, -0.05) is 6.92 Å². The molecule has 2 heterocycles. The van der Waals surface area contributed by atoms with E-state index in [1.807, 2.05) is 4.68 Å². The van der Waals surface area contributed by atoms with Crippen LogP contribution in [0.5, 0.6) is 0 Å². The first-order valence-electron chi connectivity index (χ1n) is 3.99. The lowest BCUT2D eigenvalue weighted by Gasteiger charge is -2.24. The minimum absolute atomic E-state index is 0.955. The smallest absolute Gasteiger partial charge is 0.141 e. The molecule has 0 saturated heterocycles. The minimum atomic E-state index is 0.955. The monoisotopic (exact) mass is 152 g/mol. The van der Waals surface area contributed by atoms with Crippen LogP contribution < -0.4 is 0 Å².